The summed E-state index contributed by atoms with van der Waals surface area (Å²) in [4.78, 5) is 31.5. The number of amides is 3. The van der Waals surface area contributed by atoms with Crippen molar-refractivity contribution in [3.8, 4) is 0 Å². The van der Waals surface area contributed by atoms with E-state index in [1.54, 1.807) is 9.80 Å². The second kappa shape index (κ2) is 6.13. The summed E-state index contributed by atoms with van der Waals surface area (Å²) in [6, 6.07) is 10.9. The average molecular weight is 341 g/mol. The maximum Gasteiger partial charge on any atom is 0.327 e. The number of carbonyl (C=O) groups excluding carboxylic acids is 2. The number of rotatable bonds is 3. The minimum atomic E-state index is -0.578. The van der Waals surface area contributed by atoms with Crippen LogP contribution in [0.4, 0.5) is 4.79 Å². The molecule has 0 aromatic heterocycles. The van der Waals surface area contributed by atoms with Gasteiger partial charge in [0.15, 0.2) is 0 Å². The number of fused-ring (bicyclic) bond motifs is 1. The summed E-state index contributed by atoms with van der Waals surface area (Å²) >= 11 is 0. The summed E-state index contributed by atoms with van der Waals surface area (Å²) in [7, 11) is 0. The van der Waals surface area contributed by atoms with E-state index < -0.39 is 5.54 Å². The van der Waals surface area contributed by atoms with Crippen LogP contribution in [0.3, 0.4) is 0 Å². The second-order valence-corrected chi connectivity index (χ2v) is 7.84. The molecule has 0 N–H and O–H groups in total. The molecule has 3 aliphatic rings. The first-order chi connectivity index (χ1) is 12.0. The molecule has 0 aliphatic carbocycles. The van der Waals surface area contributed by atoms with E-state index >= 15 is 0 Å². The molecule has 3 fully saturated rings. The molecule has 3 heterocycles. The lowest BCUT2D eigenvalue weighted by atomic mass is 9.96. The summed E-state index contributed by atoms with van der Waals surface area (Å²) in [5.41, 5.74) is 0.744. The van der Waals surface area contributed by atoms with Crippen LogP contribution in [0, 0.1) is 0 Å². The minimum absolute atomic E-state index is 0.0320. The zero-order valence-electron chi connectivity index (χ0n) is 15.1. The Morgan fingerprint density at radius 3 is 2.40 bits per heavy atom. The van der Waals surface area contributed by atoms with Crippen LogP contribution in [-0.4, -0.2) is 57.9 Å². The maximum absolute atomic E-state index is 12.9. The summed E-state index contributed by atoms with van der Waals surface area (Å²) in [6.07, 6.45) is 3.49. The number of urea groups is 1. The molecule has 0 radical (unpaired) electrons. The zero-order valence-corrected chi connectivity index (χ0v) is 15.1. The van der Waals surface area contributed by atoms with Gasteiger partial charge in [0, 0.05) is 31.7 Å². The molecule has 5 heteroatoms. The lowest BCUT2D eigenvalue weighted by Crippen LogP contribution is -2.49. The summed E-state index contributed by atoms with van der Waals surface area (Å²) in [5, 5.41) is 0. The summed E-state index contributed by atoms with van der Waals surface area (Å²) in [6.45, 7) is 6.75. The van der Waals surface area contributed by atoms with E-state index in [0.717, 1.165) is 45.3 Å². The summed E-state index contributed by atoms with van der Waals surface area (Å²) < 4.78 is 0. The van der Waals surface area contributed by atoms with Crippen LogP contribution in [0.25, 0.3) is 0 Å². The van der Waals surface area contributed by atoms with Gasteiger partial charge in [-0.25, -0.2) is 4.79 Å². The van der Waals surface area contributed by atoms with Gasteiger partial charge < -0.3 is 4.90 Å². The van der Waals surface area contributed by atoms with Crippen molar-refractivity contribution in [3.63, 3.8) is 0 Å². The number of likely N-dealkylation sites (tertiary alicyclic amines) is 1. The Balaban J connectivity index is 1.43. The molecular formula is C20H27N3O2. The predicted molar refractivity (Wildman–Crippen MR) is 96.0 cm³/mol. The lowest BCUT2D eigenvalue weighted by Gasteiger charge is -2.38. The molecule has 3 saturated heterocycles. The highest BCUT2D eigenvalue weighted by Gasteiger charge is 2.58. The van der Waals surface area contributed by atoms with Crippen molar-refractivity contribution >= 4 is 11.9 Å². The van der Waals surface area contributed by atoms with Gasteiger partial charge in [-0.3, -0.25) is 14.6 Å². The molecule has 25 heavy (non-hydrogen) atoms. The molecule has 0 saturated carbocycles. The highest BCUT2D eigenvalue weighted by atomic mass is 16.2. The Kier molecular flexibility index (Phi) is 4.07. The third kappa shape index (κ3) is 2.56. The van der Waals surface area contributed by atoms with Crippen LogP contribution in [0.5, 0.6) is 0 Å². The van der Waals surface area contributed by atoms with Crippen molar-refractivity contribution in [2.45, 2.75) is 57.2 Å². The van der Waals surface area contributed by atoms with Crippen LogP contribution in [-0.2, 0) is 4.79 Å². The Labute approximate surface area is 149 Å². The quantitative estimate of drug-likeness (QED) is 0.794. The van der Waals surface area contributed by atoms with Gasteiger partial charge >= 0.3 is 6.03 Å². The number of hydrogen-bond donors (Lipinski definition) is 0. The van der Waals surface area contributed by atoms with E-state index in [0.29, 0.717) is 6.04 Å². The van der Waals surface area contributed by atoms with Crippen LogP contribution < -0.4 is 0 Å². The van der Waals surface area contributed by atoms with Gasteiger partial charge in [-0.05, 0) is 45.1 Å². The number of hydrogen-bond acceptors (Lipinski definition) is 3. The smallest absolute Gasteiger partial charge is 0.310 e. The van der Waals surface area contributed by atoms with Gasteiger partial charge in [-0.2, -0.15) is 0 Å². The van der Waals surface area contributed by atoms with Crippen molar-refractivity contribution in [3.05, 3.63) is 35.9 Å². The molecule has 0 unspecified atom stereocenters. The van der Waals surface area contributed by atoms with Crippen LogP contribution in [0.15, 0.2) is 30.3 Å². The first kappa shape index (κ1) is 16.6. The monoisotopic (exact) mass is 341 g/mol. The topological polar surface area (TPSA) is 43.9 Å². The fourth-order valence-corrected chi connectivity index (χ4v) is 4.76. The highest BCUT2D eigenvalue weighted by Crippen LogP contribution is 2.39. The number of imide groups is 1. The molecule has 134 valence electrons. The molecule has 1 aromatic carbocycles. The molecular weight excluding hydrogens is 314 g/mol. The first-order valence-corrected chi connectivity index (χ1v) is 9.46. The lowest BCUT2D eigenvalue weighted by molar-refractivity contribution is -0.134. The van der Waals surface area contributed by atoms with Crippen molar-refractivity contribution in [2.24, 2.45) is 0 Å². The van der Waals surface area contributed by atoms with Crippen LogP contribution in [0.2, 0.25) is 0 Å². The Morgan fingerprint density at radius 1 is 1.08 bits per heavy atom. The van der Waals surface area contributed by atoms with Gasteiger partial charge in [0.1, 0.15) is 5.54 Å². The molecule has 3 aliphatic heterocycles. The first-order valence-electron chi connectivity index (χ1n) is 9.46. The number of nitrogens with zero attached hydrogens (tertiary/aromatic N) is 3. The SMILES string of the molecule is C[C@@H](c1ccccc1)N1CCC(N2C(=O)N3CCC[C@]3(C)C2=O)CC1. The van der Waals surface area contributed by atoms with E-state index in [1.807, 2.05) is 13.0 Å². The maximum atomic E-state index is 12.9. The fraction of sp³-hybridized carbons (Fsp3) is 0.600. The zero-order chi connectivity index (χ0) is 17.6. The van der Waals surface area contributed by atoms with E-state index in [-0.39, 0.29) is 18.0 Å². The third-order valence-electron chi connectivity index (χ3n) is 6.45. The molecule has 1 aromatic rings. The van der Waals surface area contributed by atoms with Gasteiger partial charge in [0.2, 0.25) is 0 Å². The Bertz CT molecular complexity index is 669. The van der Waals surface area contributed by atoms with Crippen LogP contribution in [0.1, 0.15) is 51.1 Å². The third-order valence-corrected chi connectivity index (χ3v) is 6.45. The molecule has 0 spiro atoms. The molecule has 5 nitrogen and oxygen atoms in total. The Hall–Kier alpha value is -1.88. The van der Waals surface area contributed by atoms with E-state index in [9.17, 15) is 9.59 Å². The largest absolute Gasteiger partial charge is 0.327 e. The average Bonchev–Trinajstić information content (AvgIpc) is 3.12. The minimum Gasteiger partial charge on any atom is -0.310 e. The highest BCUT2D eigenvalue weighted by molar-refractivity contribution is 6.07. The van der Waals surface area contributed by atoms with Crippen molar-refractivity contribution in [1.29, 1.82) is 0 Å². The van der Waals surface area contributed by atoms with Gasteiger partial charge in [-0.15, -0.1) is 0 Å². The second-order valence-electron chi connectivity index (χ2n) is 7.84. The predicted octanol–water partition coefficient (Wildman–Crippen LogP) is 3.03. The molecule has 4 rings (SSSR count). The number of benzene rings is 1. The van der Waals surface area contributed by atoms with Gasteiger partial charge in [0.05, 0.1) is 0 Å². The van der Waals surface area contributed by atoms with Gasteiger partial charge in [-0.1, -0.05) is 30.3 Å². The van der Waals surface area contributed by atoms with Gasteiger partial charge in [0.25, 0.3) is 5.91 Å². The standard InChI is InChI=1S/C20H27N3O2/c1-15(16-7-4-3-5-8-16)21-13-9-17(10-14-21)23-18(24)20(2)11-6-12-22(20)19(23)25/h3-5,7-8,15,17H,6,9-14H2,1-2H3/t15-,20+/m0/s1. The van der Waals surface area contributed by atoms with Crippen LogP contribution >= 0.6 is 0 Å². The normalized spacial score (nSPS) is 29.4. The van der Waals surface area contributed by atoms with E-state index in [4.69, 9.17) is 0 Å². The number of piperidine rings is 1. The van der Waals surface area contributed by atoms with Crippen molar-refractivity contribution in [1.82, 2.24) is 14.7 Å². The fourth-order valence-electron chi connectivity index (χ4n) is 4.76. The molecule has 3 amide bonds. The molecule has 2 atom stereocenters. The Morgan fingerprint density at radius 2 is 1.76 bits per heavy atom. The van der Waals surface area contributed by atoms with E-state index in [1.165, 1.54) is 5.56 Å². The van der Waals surface area contributed by atoms with Crippen molar-refractivity contribution < 1.29 is 9.59 Å². The van der Waals surface area contributed by atoms with E-state index in [2.05, 4.69) is 36.1 Å². The van der Waals surface area contributed by atoms with Crippen molar-refractivity contribution in [2.75, 3.05) is 19.6 Å². The number of carbonyl (C=O) groups is 2. The summed E-state index contributed by atoms with van der Waals surface area (Å²) in [5.74, 6) is 0.0320. The molecule has 0 bridgehead atoms.